The van der Waals surface area contributed by atoms with E-state index in [0.29, 0.717) is 5.82 Å². The number of aryl methyl sites for hydroxylation is 1. The van der Waals surface area contributed by atoms with E-state index < -0.39 is 9.84 Å². The van der Waals surface area contributed by atoms with Gasteiger partial charge in [-0.15, -0.1) is 0 Å². The summed E-state index contributed by atoms with van der Waals surface area (Å²) in [5.74, 6) is 1.07. The van der Waals surface area contributed by atoms with E-state index in [2.05, 4.69) is 10.4 Å². The van der Waals surface area contributed by atoms with Crippen LogP contribution in [0.2, 0.25) is 0 Å². The molecule has 1 amide bonds. The second-order valence-electron chi connectivity index (χ2n) is 6.42. The highest BCUT2D eigenvalue weighted by Gasteiger charge is 2.13. The van der Waals surface area contributed by atoms with E-state index in [9.17, 15) is 13.2 Å². The van der Waals surface area contributed by atoms with Gasteiger partial charge < -0.3 is 10.1 Å². The predicted octanol–water partition coefficient (Wildman–Crippen LogP) is 2.77. The van der Waals surface area contributed by atoms with Crippen LogP contribution in [0.25, 0.3) is 5.69 Å². The fraction of sp³-hybridized carbons (Fsp3) is 0.200. The minimum Gasteiger partial charge on any atom is -0.497 e. The van der Waals surface area contributed by atoms with Crippen LogP contribution in [0.4, 0.5) is 5.82 Å². The molecule has 0 aliphatic rings. The maximum absolute atomic E-state index is 12.5. The number of carbonyl (C=O) groups is 1. The average Bonchev–Trinajstić information content (AvgIpc) is 3.01. The van der Waals surface area contributed by atoms with E-state index in [0.717, 1.165) is 29.0 Å². The van der Waals surface area contributed by atoms with Crippen molar-refractivity contribution in [2.45, 2.75) is 18.2 Å². The first-order chi connectivity index (χ1) is 13.3. The zero-order chi connectivity index (χ0) is 20.3. The molecule has 0 saturated heterocycles. The van der Waals surface area contributed by atoms with E-state index in [1.807, 2.05) is 31.2 Å². The van der Waals surface area contributed by atoms with E-state index in [1.54, 1.807) is 30.0 Å². The van der Waals surface area contributed by atoms with Crippen LogP contribution in [0.3, 0.4) is 0 Å². The van der Waals surface area contributed by atoms with Crippen LogP contribution in [0.1, 0.15) is 11.3 Å². The summed E-state index contributed by atoms with van der Waals surface area (Å²) in [7, 11) is -1.66. The molecular weight excluding hydrogens is 378 g/mol. The van der Waals surface area contributed by atoms with Gasteiger partial charge >= 0.3 is 0 Å². The fourth-order valence-electron chi connectivity index (χ4n) is 2.74. The normalized spacial score (nSPS) is 11.2. The Kier molecular flexibility index (Phi) is 5.51. The van der Waals surface area contributed by atoms with Crippen LogP contribution >= 0.6 is 0 Å². The lowest BCUT2D eigenvalue weighted by atomic mass is 10.1. The number of ether oxygens (including phenoxy) is 1. The van der Waals surface area contributed by atoms with Crippen molar-refractivity contribution in [3.63, 3.8) is 0 Å². The van der Waals surface area contributed by atoms with Gasteiger partial charge in [0.05, 0.1) is 29.8 Å². The van der Waals surface area contributed by atoms with Crippen molar-refractivity contribution in [1.29, 1.82) is 0 Å². The summed E-state index contributed by atoms with van der Waals surface area (Å²) in [5.41, 5.74) is 2.28. The Bertz CT molecular complexity index is 1090. The summed E-state index contributed by atoms with van der Waals surface area (Å²) < 4.78 is 29.9. The van der Waals surface area contributed by atoms with E-state index in [1.165, 1.54) is 12.1 Å². The molecule has 0 radical (unpaired) electrons. The number of amides is 1. The Labute approximate surface area is 163 Å². The fourth-order valence-corrected chi connectivity index (χ4v) is 3.37. The lowest BCUT2D eigenvalue weighted by Crippen LogP contribution is -2.17. The number of sulfone groups is 1. The topological polar surface area (TPSA) is 90.3 Å². The zero-order valence-corrected chi connectivity index (χ0v) is 16.7. The summed E-state index contributed by atoms with van der Waals surface area (Å²) in [4.78, 5) is 12.7. The molecule has 3 rings (SSSR count). The van der Waals surface area contributed by atoms with Crippen molar-refractivity contribution < 1.29 is 17.9 Å². The minimum absolute atomic E-state index is 0.122. The predicted molar refractivity (Wildman–Crippen MR) is 107 cm³/mol. The van der Waals surface area contributed by atoms with Gasteiger partial charge in [0.1, 0.15) is 11.6 Å². The van der Waals surface area contributed by atoms with Crippen LogP contribution in [0, 0.1) is 6.92 Å². The molecule has 0 unspecified atom stereocenters. The number of rotatable bonds is 6. The maximum Gasteiger partial charge on any atom is 0.229 e. The quantitative estimate of drug-likeness (QED) is 0.688. The molecule has 2 aromatic carbocycles. The lowest BCUT2D eigenvalue weighted by Gasteiger charge is -2.10. The zero-order valence-electron chi connectivity index (χ0n) is 15.8. The number of anilines is 1. The summed E-state index contributed by atoms with van der Waals surface area (Å²) in [6, 6.07) is 15.4. The molecule has 0 aliphatic carbocycles. The number of benzene rings is 2. The summed E-state index contributed by atoms with van der Waals surface area (Å²) >= 11 is 0. The number of carbonyl (C=O) groups excluding carboxylic acids is 1. The summed E-state index contributed by atoms with van der Waals surface area (Å²) in [6.07, 6.45) is 1.27. The second-order valence-corrected chi connectivity index (χ2v) is 8.44. The molecule has 8 heteroatoms. The molecule has 0 saturated carbocycles. The molecule has 1 N–H and O–H groups in total. The third-order valence-electron chi connectivity index (χ3n) is 4.13. The van der Waals surface area contributed by atoms with Gasteiger partial charge in [-0.3, -0.25) is 4.79 Å². The van der Waals surface area contributed by atoms with Gasteiger partial charge in [0, 0.05) is 12.3 Å². The van der Waals surface area contributed by atoms with Gasteiger partial charge in [-0.2, -0.15) is 5.10 Å². The van der Waals surface area contributed by atoms with Gasteiger partial charge in [0.15, 0.2) is 9.84 Å². The molecule has 3 aromatic rings. The highest BCUT2D eigenvalue weighted by molar-refractivity contribution is 7.90. The first kappa shape index (κ1) is 19.6. The molecular formula is C20H21N3O4S. The van der Waals surface area contributed by atoms with Crippen molar-refractivity contribution in [3.8, 4) is 11.4 Å². The molecule has 0 atom stereocenters. The van der Waals surface area contributed by atoms with Crippen LogP contribution in [0.5, 0.6) is 5.75 Å². The second kappa shape index (κ2) is 7.85. The molecule has 28 heavy (non-hydrogen) atoms. The molecule has 0 spiro atoms. The van der Waals surface area contributed by atoms with E-state index in [4.69, 9.17) is 4.74 Å². The van der Waals surface area contributed by atoms with Gasteiger partial charge in [-0.1, -0.05) is 12.1 Å². The Morgan fingerprint density at radius 3 is 2.32 bits per heavy atom. The highest BCUT2D eigenvalue weighted by atomic mass is 32.2. The first-order valence-electron chi connectivity index (χ1n) is 8.56. The first-order valence-corrected chi connectivity index (χ1v) is 10.5. The maximum atomic E-state index is 12.5. The number of hydrogen-bond acceptors (Lipinski definition) is 5. The van der Waals surface area contributed by atoms with Crippen molar-refractivity contribution >= 4 is 21.6 Å². The van der Waals surface area contributed by atoms with Crippen LogP contribution in [-0.4, -0.2) is 37.5 Å². The smallest absolute Gasteiger partial charge is 0.229 e. The van der Waals surface area contributed by atoms with E-state index in [-0.39, 0.29) is 17.2 Å². The van der Waals surface area contributed by atoms with Gasteiger partial charge in [-0.25, -0.2) is 13.1 Å². The third-order valence-corrected chi connectivity index (χ3v) is 5.26. The van der Waals surface area contributed by atoms with Crippen LogP contribution < -0.4 is 10.1 Å². The van der Waals surface area contributed by atoms with E-state index >= 15 is 0 Å². The number of nitrogens with zero attached hydrogens (tertiary/aromatic N) is 2. The Balaban J connectivity index is 1.75. The molecule has 1 aromatic heterocycles. The Morgan fingerprint density at radius 2 is 1.75 bits per heavy atom. The van der Waals surface area contributed by atoms with Crippen molar-refractivity contribution in [2.75, 3.05) is 18.7 Å². The van der Waals surface area contributed by atoms with Gasteiger partial charge in [-0.05, 0) is 48.9 Å². The molecule has 146 valence electrons. The number of methoxy groups -OCH3 is 1. The number of hydrogen-bond donors (Lipinski definition) is 1. The average molecular weight is 399 g/mol. The minimum atomic E-state index is -3.26. The van der Waals surface area contributed by atoms with Crippen LogP contribution in [0.15, 0.2) is 59.5 Å². The number of nitrogens with one attached hydrogen (secondary N) is 1. The molecule has 0 fully saturated rings. The van der Waals surface area contributed by atoms with Crippen molar-refractivity contribution in [2.24, 2.45) is 0 Å². The molecule has 7 nitrogen and oxygen atoms in total. The van der Waals surface area contributed by atoms with Gasteiger partial charge in [0.25, 0.3) is 0 Å². The van der Waals surface area contributed by atoms with Crippen molar-refractivity contribution in [1.82, 2.24) is 9.78 Å². The highest BCUT2D eigenvalue weighted by Crippen LogP contribution is 2.20. The number of aromatic nitrogens is 2. The Morgan fingerprint density at radius 1 is 1.11 bits per heavy atom. The van der Waals surface area contributed by atoms with Crippen molar-refractivity contribution in [3.05, 3.63) is 65.9 Å². The molecule has 0 bridgehead atoms. The lowest BCUT2D eigenvalue weighted by molar-refractivity contribution is -0.115. The largest absolute Gasteiger partial charge is 0.497 e. The SMILES string of the molecule is COc1ccc(-n2nc(C)cc2NC(=O)Cc2ccc(S(C)(=O)=O)cc2)cc1. The summed E-state index contributed by atoms with van der Waals surface area (Å²) in [5, 5.41) is 7.29. The molecule has 0 aliphatic heterocycles. The third kappa shape index (κ3) is 4.58. The summed E-state index contributed by atoms with van der Waals surface area (Å²) in [6.45, 7) is 1.85. The van der Waals surface area contributed by atoms with Gasteiger partial charge in [0.2, 0.25) is 5.91 Å². The standard InChI is InChI=1S/C20H21N3O4S/c1-14-12-19(23(22-14)16-6-8-17(27-2)9-7-16)21-20(24)13-15-4-10-18(11-5-15)28(3,25)26/h4-12H,13H2,1-3H3,(H,21,24). The van der Waals surface area contributed by atoms with Crippen LogP contribution in [-0.2, 0) is 21.1 Å². The molecule has 1 heterocycles. The monoisotopic (exact) mass is 399 g/mol. The Hall–Kier alpha value is -3.13.